The topological polar surface area (TPSA) is 83.2 Å². The molecule has 1 atom stereocenters. The van der Waals surface area contributed by atoms with Gasteiger partial charge in [0.15, 0.2) is 0 Å². The second-order valence-corrected chi connectivity index (χ2v) is 5.14. The number of hydrogen-bond acceptors (Lipinski definition) is 5. The van der Waals surface area contributed by atoms with Crippen molar-refractivity contribution in [2.75, 3.05) is 29.5 Å². The van der Waals surface area contributed by atoms with Crippen molar-refractivity contribution in [1.82, 2.24) is 4.98 Å². The Balaban J connectivity index is 2.35. The van der Waals surface area contributed by atoms with E-state index in [1.807, 2.05) is 19.9 Å². The molecule has 1 aliphatic rings. The Labute approximate surface area is 108 Å². The van der Waals surface area contributed by atoms with Gasteiger partial charge in [-0.1, -0.05) is 6.92 Å². The minimum atomic E-state index is -0.333. The van der Waals surface area contributed by atoms with E-state index in [4.69, 9.17) is 5.73 Å². The average Bonchev–Trinajstić information content (AvgIpc) is 2.38. The molecule has 0 bridgehead atoms. The van der Waals surface area contributed by atoms with Crippen molar-refractivity contribution in [3.8, 4) is 0 Å². The number of pyridine rings is 1. The van der Waals surface area contributed by atoms with E-state index in [-0.39, 0.29) is 12.1 Å². The lowest BCUT2D eigenvalue weighted by atomic mass is 9.99. The molecular formula is C13H22N4O. The Morgan fingerprint density at radius 2 is 2.39 bits per heavy atom. The van der Waals surface area contributed by atoms with Crippen LogP contribution in [0, 0.1) is 0 Å². The van der Waals surface area contributed by atoms with Gasteiger partial charge in [-0.25, -0.2) is 4.98 Å². The summed E-state index contributed by atoms with van der Waals surface area (Å²) in [5.74, 6) is 0.524. The van der Waals surface area contributed by atoms with Gasteiger partial charge in [0.2, 0.25) is 0 Å². The molecule has 0 fully saturated rings. The number of aromatic nitrogens is 1. The number of hydrogen-bond donors (Lipinski definition) is 4. The predicted molar refractivity (Wildman–Crippen MR) is 74.9 cm³/mol. The van der Waals surface area contributed by atoms with Crippen LogP contribution >= 0.6 is 0 Å². The van der Waals surface area contributed by atoms with Crippen molar-refractivity contribution in [2.24, 2.45) is 0 Å². The van der Waals surface area contributed by atoms with Crippen LogP contribution in [0.5, 0.6) is 0 Å². The van der Waals surface area contributed by atoms with Gasteiger partial charge in [-0.05, 0) is 26.2 Å². The van der Waals surface area contributed by atoms with Crippen molar-refractivity contribution >= 4 is 17.2 Å². The molecule has 0 aromatic carbocycles. The molecule has 1 unspecified atom stereocenters. The van der Waals surface area contributed by atoms with Crippen molar-refractivity contribution in [1.29, 1.82) is 0 Å². The number of nitrogens with one attached hydrogen (secondary N) is 2. The molecule has 5 nitrogen and oxygen atoms in total. The summed E-state index contributed by atoms with van der Waals surface area (Å²) >= 11 is 0. The predicted octanol–water partition coefficient (Wildman–Crippen LogP) is 1.59. The molecule has 2 heterocycles. The van der Waals surface area contributed by atoms with Gasteiger partial charge >= 0.3 is 0 Å². The minimum absolute atomic E-state index is 0.0838. The smallest absolute Gasteiger partial charge is 0.125 e. The molecule has 5 heteroatoms. The molecule has 0 saturated heterocycles. The SMILES string of the molecule is CCC(C)(CO)Nc1cc(N)nc2c1NCCC2. The van der Waals surface area contributed by atoms with E-state index in [0.717, 1.165) is 42.9 Å². The standard InChI is InChI=1S/C13H22N4O/c1-3-13(2,8-18)17-10-7-11(14)16-9-5-4-6-15-12(9)10/h7,15,18H,3-6,8H2,1-2H3,(H3,14,16,17). The third-order valence-corrected chi connectivity index (χ3v) is 3.57. The summed E-state index contributed by atoms with van der Waals surface area (Å²) in [6.45, 7) is 5.09. The normalized spacial score (nSPS) is 17.5. The van der Waals surface area contributed by atoms with Gasteiger partial charge < -0.3 is 21.5 Å². The Kier molecular flexibility index (Phi) is 3.61. The van der Waals surface area contributed by atoms with E-state index in [1.54, 1.807) is 0 Å². The third-order valence-electron chi connectivity index (χ3n) is 3.57. The number of nitrogens with two attached hydrogens (primary N) is 1. The molecule has 100 valence electrons. The van der Waals surface area contributed by atoms with Crippen LogP contribution in [0.2, 0.25) is 0 Å². The van der Waals surface area contributed by atoms with Crippen molar-refractivity contribution < 1.29 is 5.11 Å². The van der Waals surface area contributed by atoms with Crippen LogP contribution in [0.3, 0.4) is 0 Å². The van der Waals surface area contributed by atoms with Gasteiger partial charge in [-0.2, -0.15) is 0 Å². The van der Waals surface area contributed by atoms with Crippen LogP contribution in [0.4, 0.5) is 17.2 Å². The fourth-order valence-corrected chi connectivity index (χ4v) is 2.13. The first kappa shape index (κ1) is 13.0. The number of fused-ring (bicyclic) bond motifs is 1. The highest BCUT2D eigenvalue weighted by atomic mass is 16.3. The second-order valence-electron chi connectivity index (χ2n) is 5.14. The zero-order valence-electron chi connectivity index (χ0n) is 11.1. The molecule has 0 spiro atoms. The summed E-state index contributed by atoms with van der Waals surface area (Å²) in [6, 6.07) is 1.83. The highest BCUT2D eigenvalue weighted by Gasteiger charge is 2.24. The van der Waals surface area contributed by atoms with E-state index < -0.39 is 0 Å². The molecule has 0 amide bonds. The van der Waals surface area contributed by atoms with Gasteiger partial charge in [-0.3, -0.25) is 0 Å². The number of aliphatic hydroxyl groups is 1. The number of rotatable bonds is 4. The second kappa shape index (κ2) is 5.02. The summed E-state index contributed by atoms with van der Waals surface area (Å²) in [5, 5.41) is 16.2. The lowest BCUT2D eigenvalue weighted by molar-refractivity contribution is 0.219. The number of nitrogen functional groups attached to an aromatic ring is 1. The zero-order valence-corrected chi connectivity index (χ0v) is 11.1. The van der Waals surface area contributed by atoms with E-state index in [1.165, 1.54) is 0 Å². The van der Waals surface area contributed by atoms with Crippen LogP contribution in [0.1, 0.15) is 32.4 Å². The maximum Gasteiger partial charge on any atom is 0.125 e. The molecule has 1 aromatic heterocycles. The molecular weight excluding hydrogens is 228 g/mol. The number of anilines is 3. The summed E-state index contributed by atoms with van der Waals surface area (Å²) in [7, 11) is 0. The van der Waals surface area contributed by atoms with Crippen LogP contribution in [0.25, 0.3) is 0 Å². The fraction of sp³-hybridized carbons (Fsp3) is 0.615. The molecule has 1 aliphatic heterocycles. The number of aliphatic hydroxyl groups excluding tert-OH is 1. The van der Waals surface area contributed by atoms with Crippen molar-refractivity contribution in [3.63, 3.8) is 0 Å². The maximum absolute atomic E-state index is 9.49. The van der Waals surface area contributed by atoms with Crippen LogP contribution in [0.15, 0.2) is 6.07 Å². The lowest BCUT2D eigenvalue weighted by Crippen LogP contribution is -2.38. The number of aryl methyl sites for hydroxylation is 1. The first-order valence-electron chi connectivity index (χ1n) is 6.50. The minimum Gasteiger partial charge on any atom is -0.394 e. The van der Waals surface area contributed by atoms with Crippen molar-refractivity contribution in [2.45, 2.75) is 38.6 Å². The first-order chi connectivity index (χ1) is 8.58. The molecule has 0 aliphatic carbocycles. The largest absolute Gasteiger partial charge is 0.394 e. The van der Waals surface area contributed by atoms with Gasteiger partial charge in [0.05, 0.1) is 29.2 Å². The average molecular weight is 250 g/mol. The lowest BCUT2D eigenvalue weighted by Gasteiger charge is -2.31. The third kappa shape index (κ3) is 2.51. The highest BCUT2D eigenvalue weighted by Crippen LogP contribution is 2.33. The molecule has 0 radical (unpaired) electrons. The Morgan fingerprint density at radius 1 is 1.61 bits per heavy atom. The molecule has 18 heavy (non-hydrogen) atoms. The summed E-state index contributed by atoms with van der Waals surface area (Å²) in [6.07, 6.45) is 2.86. The van der Waals surface area contributed by atoms with Gasteiger partial charge in [0, 0.05) is 12.6 Å². The maximum atomic E-state index is 9.49. The monoisotopic (exact) mass is 250 g/mol. The molecule has 0 saturated carbocycles. The Bertz CT molecular complexity index is 429. The summed E-state index contributed by atoms with van der Waals surface area (Å²) in [4.78, 5) is 4.37. The molecule has 5 N–H and O–H groups in total. The first-order valence-corrected chi connectivity index (χ1v) is 6.50. The zero-order chi connectivity index (χ0) is 13.2. The van der Waals surface area contributed by atoms with Gasteiger partial charge in [0.25, 0.3) is 0 Å². The van der Waals surface area contributed by atoms with E-state index >= 15 is 0 Å². The quantitative estimate of drug-likeness (QED) is 0.652. The van der Waals surface area contributed by atoms with Crippen LogP contribution in [-0.4, -0.2) is 28.8 Å². The van der Waals surface area contributed by atoms with Crippen LogP contribution < -0.4 is 16.4 Å². The fourth-order valence-electron chi connectivity index (χ4n) is 2.13. The summed E-state index contributed by atoms with van der Waals surface area (Å²) < 4.78 is 0. The van der Waals surface area contributed by atoms with Gasteiger partial charge in [-0.15, -0.1) is 0 Å². The molecule has 1 aromatic rings. The Hall–Kier alpha value is -1.49. The summed E-state index contributed by atoms with van der Waals surface area (Å²) in [5.41, 5.74) is 8.50. The Morgan fingerprint density at radius 3 is 3.06 bits per heavy atom. The number of nitrogens with zero attached hydrogens (tertiary/aromatic N) is 1. The van der Waals surface area contributed by atoms with E-state index in [2.05, 4.69) is 15.6 Å². The van der Waals surface area contributed by atoms with E-state index in [9.17, 15) is 5.11 Å². The van der Waals surface area contributed by atoms with Gasteiger partial charge in [0.1, 0.15) is 5.82 Å². The van der Waals surface area contributed by atoms with Crippen molar-refractivity contribution in [3.05, 3.63) is 11.8 Å². The highest BCUT2D eigenvalue weighted by molar-refractivity contribution is 5.75. The van der Waals surface area contributed by atoms with E-state index in [0.29, 0.717) is 5.82 Å². The van der Waals surface area contributed by atoms with Crippen LogP contribution in [-0.2, 0) is 6.42 Å². The molecule has 2 rings (SSSR count).